The molecule has 0 aliphatic carbocycles. The summed E-state index contributed by atoms with van der Waals surface area (Å²) in [5.74, 6) is 0.953. The monoisotopic (exact) mass is 387 g/mol. The molecule has 2 unspecified atom stereocenters. The minimum absolute atomic E-state index is 0.410. The Hall–Kier alpha value is -2.93. The van der Waals surface area contributed by atoms with Crippen LogP contribution in [0.25, 0.3) is 0 Å². The maximum atomic E-state index is 11.8. The van der Waals surface area contributed by atoms with Crippen molar-refractivity contribution >= 4 is 5.97 Å². The Morgan fingerprint density at radius 3 is 2.50 bits per heavy atom. The fourth-order valence-electron chi connectivity index (χ4n) is 3.01. The van der Waals surface area contributed by atoms with E-state index in [1.165, 1.54) is 0 Å². The number of carboxylic acids is 1. The molecule has 0 amide bonds. The minimum atomic E-state index is -1.19. The number of aliphatic carboxylic acids is 1. The fourth-order valence-corrected chi connectivity index (χ4v) is 3.01. The SMILES string of the molecule is COc1ccc(C2Oc3ccccc3OC2C(=O)O)c(OCCCN(C)C)c1. The van der Waals surface area contributed by atoms with Gasteiger partial charge < -0.3 is 29.0 Å². The van der Waals surface area contributed by atoms with Crippen LogP contribution < -0.4 is 18.9 Å². The van der Waals surface area contributed by atoms with Crippen molar-refractivity contribution in [1.29, 1.82) is 0 Å². The van der Waals surface area contributed by atoms with Gasteiger partial charge >= 0.3 is 5.97 Å². The van der Waals surface area contributed by atoms with E-state index in [1.54, 1.807) is 43.5 Å². The van der Waals surface area contributed by atoms with E-state index < -0.39 is 18.2 Å². The van der Waals surface area contributed by atoms with Gasteiger partial charge in [0.15, 0.2) is 17.6 Å². The molecule has 150 valence electrons. The summed E-state index contributed by atoms with van der Waals surface area (Å²) in [6, 6.07) is 12.3. The van der Waals surface area contributed by atoms with E-state index in [-0.39, 0.29) is 0 Å². The molecular formula is C21H25NO6. The molecule has 0 spiro atoms. The number of benzene rings is 2. The fraction of sp³-hybridized carbons (Fsp3) is 0.381. The predicted octanol–water partition coefficient (Wildman–Crippen LogP) is 2.99. The molecule has 28 heavy (non-hydrogen) atoms. The van der Waals surface area contributed by atoms with Crippen molar-refractivity contribution in [2.45, 2.75) is 18.6 Å². The maximum Gasteiger partial charge on any atom is 0.349 e. The molecule has 0 fully saturated rings. The van der Waals surface area contributed by atoms with Crippen LogP contribution in [0.3, 0.4) is 0 Å². The third-order valence-electron chi connectivity index (χ3n) is 4.41. The summed E-state index contributed by atoms with van der Waals surface area (Å²) in [5, 5.41) is 9.69. The van der Waals surface area contributed by atoms with E-state index >= 15 is 0 Å². The second kappa shape index (κ2) is 8.84. The van der Waals surface area contributed by atoms with Gasteiger partial charge in [0.1, 0.15) is 11.5 Å². The van der Waals surface area contributed by atoms with Gasteiger partial charge in [-0.1, -0.05) is 12.1 Å². The first-order valence-electron chi connectivity index (χ1n) is 9.10. The highest BCUT2D eigenvalue weighted by atomic mass is 16.6. The van der Waals surface area contributed by atoms with E-state index in [0.717, 1.165) is 13.0 Å². The number of methoxy groups -OCH3 is 1. The van der Waals surface area contributed by atoms with E-state index in [1.807, 2.05) is 20.2 Å². The molecule has 0 saturated heterocycles. The van der Waals surface area contributed by atoms with Crippen LogP contribution in [0.1, 0.15) is 18.1 Å². The summed E-state index contributed by atoms with van der Waals surface area (Å²) in [6.07, 6.45) is -1.20. The lowest BCUT2D eigenvalue weighted by Crippen LogP contribution is -2.39. The number of ether oxygens (including phenoxy) is 4. The zero-order valence-corrected chi connectivity index (χ0v) is 16.3. The number of para-hydroxylation sites is 2. The number of carbonyl (C=O) groups is 1. The molecule has 1 aliphatic heterocycles. The lowest BCUT2D eigenvalue weighted by molar-refractivity contribution is -0.151. The number of fused-ring (bicyclic) bond motifs is 1. The van der Waals surface area contributed by atoms with Gasteiger partial charge in [-0.05, 0) is 44.8 Å². The molecule has 1 N–H and O–H groups in total. The Labute approximate surface area is 164 Å². The van der Waals surface area contributed by atoms with Gasteiger partial charge in [-0.3, -0.25) is 0 Å². The van der Waals surface area contributed by atoms with Crippen LogP contribution >= 0.6 is 0 Å². The van der Waals surface area contributed by atoms with Crippen LogP contribution in [0.5, 0.6) is 23.0 Å². The third kappa shape index (κ3) is 4.48. The van der Waals surface area contributed by atoms with Gasteiger partial charge in [-0.2, -0.15) is 0 Å². The lowest BCUT2D eigenvalue weighted by atomic mass is 10.0. The molecule has 2 atom stereocenters. The summed E-state index contributed by atoms with van der Waals surface area (Å²) in [7, 11) is 5.57. The van der Waals surface area contributed by atoms with E-state index in [9.17, 15) is 9.90 Å². The van der Waals surface area contributed by atoms with Crippen molar-refractivity contribution in [3.63, 3.8) is 0 Å². The Morgan fingerprint density at radius 2 is 1.86 bits per heavy atom. The molecule has 0 aromatic heterocycles. The Kier molecular flexibility index (Phi) is 6.26. The average molecular weight is 387 g/mol. The lowest BCUT2D eigenvalue weighted by Gasteiger charge is -2.32. The van der Waals surface area contributed by atoms with Crippen LogP contribution in [0, 0.1) is 0 Å². The largest absolute Gasteiger partial charge is 0.497 e. The van der Waals surface area contributed by atoms with Crippen molar-refractivity contribution in [1.82, 2.24) is 4.90 Å². The van der Waals surface area contributed by atoms with Gasteiger partial charge in [-0.25, -0.2) is 4.79 Å². The van der Waals surface area contributed by atoms with Crippen molar-refractivity contribution in [3.05, 3.63) is 48.0 Å². The summed E-state index contributed by atoms with van der Waals surface area (Å²) >= 11 is 0. The highest BCUT2D eigenvalue weighted by Gasteiger charge is 2.39. The molecule has 1 heterocycles. The second-order valence-corrected chi connectivity index (χ2v) is 6.77. The van der Waals surface area contributed by atoms with E-state index in [2.05, 4.69) is 4.90 Å². The molecule has 7 heteroatoms. The standard InChI is InChI=1S/C21H25NO6/c1-22(2)11-6-12-26-18-13-14(25-3)9-10-15(18)19-20(21(23)24)28-17-8-5-4-7-16(17)27-19/h4-5,7-10,13,19-20H,6,11-12H2,1-3H3,(H,23,24). The van der Waals surface area contributed by atoms with Gasteiger partial charge in [0.2, 0.25) is 6.10 Å². The normalized spacial score (nSPS) is 18.0. The van der Waals surface area contributed by atoms with Crippen molar-refractivity contribution in [2.24, 2.45) is 0 Å². The summed E-state index contributed by atoms with van der Waals surface area (Å²) in [6.45, 7) is 1.37. The number of nitrogens with zero attached hydrogens (tertiary/aromatic N) is 1. The van der Waals surface area contributed by atoms with E-state index in [4.69, 9.17) is 18.9 Å². The highest BCUT2D eigenvalue weighted by molar-refractivity contribution is 5.75. The second-order valence-electron chi connectivity index (χ2n) is 6.77. The molecule has 1 aliphatic rings. The Balaban J connectivity index is 1.90. The zero-order chi connectivity index (χ0) is 20.1. The number of hydrogen-bond acceptors (Lipinski definition) is 6. The number of carboxylic acid groups (broad SMARTS) is 1. The first-order chi connectivity index (χ1) is 13.5. The Bertz CT molecular complexity index is 822. The van der Waals surface area contributed by atoms with Crippen LogP contribution in [-0.2, 0) is 4.79 Å². The molecule has 0 radical (unpaired) electrons. The van der Waals surface area contributed by atoms with E-state index in [0.29, 0.717) is 35.2 Å². The van der Waals surface area contributed by atoms with Crippen LogP contribution in [-0.4, -0.2) is 56.4 Å². The smallest absolute Gasteiger partial charge is 0.349 e. The minimum Gasteiger partial charge on any atom is -0.497 e. The number of hydrogen-bond donors (Lipinski definition) is 1. The van der Waals surface area contributed by atoms with Gasteiger partial charge in [0.25, 0.3) is 0 Å². The molecular weight excluding hydrogens is 362 g/mol. The molecule has 2 aromatic rings. The zero-order valence-electron chi connectivity index (χ0n) is 16.3. The Morgan fingerprint density at radius 1 is 1.14 bits per heavy atom. The molecule has 7 nitrogen and oxygen atoms in total. The van der Waals surface area contributed by atoms with Crippen molar-refractivity contribution < 1.29 is 28.8 Å². The maximum absolute atomic E-state index is 11.8. The van der Waals surface area contributed by atoms with Gasteiger partial charge in [-0.15, -0.1) is 0 Å². The van der Waals surface area contributed by atoms with Crippen LogP contribution in [0.15, 0.2) is 42.5 Å². The van der Waals surface area contributed by atoms with Crippen LogP contribution in [0.4, 0.5) is 0 Å². The van der Waals surface area contributed by atoms with Gasteiger partial charge in [0.05, 0.1) is 13.7 Å². The quantitative estimate of drug-likeness (QED) is 0.698. The highest BCUT2D eigenvalue weighted by Crippen LogP contribution is 2.42. The molecule has 0 bridgehead atoms. The number of rotatable bonds is 8. The molecule has 3 rings (SSSR count). The first kappa shape index (κ1) is 19.8. The summed E-state index contributed by atoms with van der Waals surface area (Å²) in [5.41, 5.74) is 0.604. The van der Waals surface area contributed by atoms with Crippen molar-refractivity contribution in [2.75, 3.05) is 34.4 Å². The van der Waals surface area contributed by atoms with Crippen LogP contribution in [0.2, 0.25) is 0 Å². The summed E-state index contributed by atoms with van der Waals surface area (Å²) < 4.78 is 23.0. The van der Waals surface area contributed by atoms with Crippen molar-refractivity contribution in [3.8, 4) is 23.0 Å². The predicted molar refractivity (Wildman–Crippen MR) is 104 cm³/mol. The average Bonchev–Trinajstić information content (AvgIpc) is 2.69. The topological polar surface area (TPSA) is 77.5 Å². The molecule has 2 aromatic carbocycles. The third-order valence-corrected chi connectivity index (χ3v) is 4.41. The van der Waals surface area contributed by atoms with Gasteiger partial charge in [0, 0.05) is 18.2 Å². The molecule has 0 saturated carbocycles. The first-order valence-corrected chi connectivity index (χ1v) is 9.10. The summed E-state index contributed by atoms with van der Waals surface area (Å²) in [4.78, 5) is 13.9.